The van der Waals surface area contributed by atoms with Crippen molar-refractivity contribution in [1.82, 2.24) is 0 Å². The van der Waals surface area contributed by atoms with E-state index >= 15 is 0 Å². The molecule has 2 atom stereocenters. The first-order chi connectivity index (χ1) is 4.83. The highest BCUT2D eigenvalue weighted by atomic mass is 16.7. The van der Waals surface area contributed by atoms with Gasteiger partial charge in [0.15, 0.2) is 6.29 Å². The minimum Gasteiger partial charge on any atom is -0.499 e. The predicted molar refractivity (Wildman–Crippen MR) is 36.4 cm³/mol. The first-order valence-electron chi connectivity index (χ1n) is 3.32. The Bertz CT molecular complexity index is 113. The fraction of sp³-hybridized carbons (Fsp3) is 0.714. The van der Waals surface area contributed by atoms with Crippen LogP contribution < -0.4 is 0 Å². The molecule has 0 aromatic rings. The molecule has 1 aliphatic rings. The van der Waals surface area contributed by atoms with Crippen molar-refractivity contribution < 1.29 is 14.2 Å². The highest BCUT2D eigenvalue weighted by Gasteiger charge is 2.21. The Morgan fingerprint density at radius 1 is 1.80 bits per heavy atom. The van der Waals surface area contributed by atoms with E-state index in [0.29, 0.717) is 13.2 Å². The molecule has 0 N–H and O–H groups in total. The molecule has 3 heteroatoms. The zero-order valence-corrected chi connectivity index (χ0v) is 6.08. The van der Waals surface area contributed by atoms with Gasteiger partial charge in [-0.3, -0.25) is 0 Å². The highest BCUT2D eigenvalue weighted by molar-refractivity contribution is 4.63. The zero-order valence-electron chi connectivity index (χ0n) is 6.08. The van der Waals surface area contributed by atoms with Crippen LogP contribution in [0.1, 0.15) is 6.92 Å². The van der Waals surface area contributed by atoms with Crippen molar-refractivity contribution in [3.05, 3.63) is 12.8 Å². The predicted octanol–water partition coefficient (Wildman–Crippen LogP) is 0.908. The number of hydrogen-bond acceptors (Lipinski definition) is 3. The standard InChI is InChI=1S/C7H12O3/c1-3-8-4-7-5-9-6(2)10-7/h3,6-7H,1,4-5H2,2H3. The first-order valence-corrected chi connectivity index (χ1v) is 3.32. The van der Waals surface area contributed by atoms with Crippen LogP contribution in [0.15, 0.2) is 12.8 Å². The van der Waals surface area contributed by atoms with E-state index in [9.17, 15) is 0 Å². The molecule has 0 aromatic carbocycles. The summed E-state index contributed by atoms with van der Waals surface area (Å²) in [5, 5.41) is 0. The van der Waals surface area contributed by atoms with Crippen molar-refractivity contribution in [3.63, 3.8) is 0 Å². The minimum absolute atomic E-state index is 0.0769. The van der Waals surface area contributed by atoms with Crippen LogP contribution in [0.2, 0.25) is 0 Å². The lowest BCUT2D eigenvalue weighted by Gasteiger charge is -2.06. The molecular formula is C7H12O3. The van der Waals surface area contributed by atoms with Crippen LogP contribution >= 0.6 is 0 Å². The molecule has 1 saturated heterocycles. The Balaban J connectivity index is 2.12. The molecule has 58 valence electrons. The van der Waals surface area contributed by atoms with Crippen LogP contribution in [-0.4, -0.2) is 25.6 Å². The molecule has 2 unspecified atom stereocenters. The van der Waals surface area contributed by atoms with Crippen molar-refractivity contribution >= 4 is 0 Å². The van der Waals surface area contributed by atoms with E-state index in [0.717, 1.165) is 0 Å². The SMILES string of the molecule is C=COCC1COC(C)O1. The van der Waals surface area contributed by atoms with Crippen molar-refractivity contribution in [2.75, 3.05) is 13.2 Å². The van der Waals surface area contributed by atoms with Crippen LogP contribution in [0.3, 0.4) is 0 Å². The van der Waals surface area contributed by atoms with E-state index in [1.54, 1.807) is 0 Å². The minimum atomic E-state index is -0.0848. The van der Waals surface area contributed by atoms with E-state index < -0.39 is 0 Å². The van der Waals surface area contributed by atoms with Crippen molar-refractivity contribution in [1.29, 1.82) is 0 Å². The lowest BCUT2D eigenvalue weighted by Crippen LogP contribution is -2.16. The summed E-state index contributed by atoms with van der Waals surface area (Å²) in [6, 6.07) is 0. The van der Waals surface area contributed by atoms with Gasteiger partial charge in [-0.05, 0) is 6.92 Å². The fourth-order valence-corrected chi connectivity index (χ4v) is 0.855. The van der Waals surface area contributed by atoms with E-state index in [-0.39, 0.29) is 12.4 Å². The van der Waals surface area contributed by atoms with Gasteiger partial charge in [0.1, 0.15) is 12.7 Å². The van der Waals surface area contributed by atoms with Gasteiger partial charge >= 0.3 is 0 Å². The molecule has 0 aromatic heterocycles. The Hall–Kier alpha value is -0.540. The second-order valence-corrected chi connectivity index (χ2v) is 2.16. The molecular weight excluding hydrogens is 132 g/mol. The van der Waals surface area contributed by atoms with Gasteiger partial charge in [0, 0.05) is 0 Å². The van der Waals surface area contributed by atoms with Crippen molar-refractivity contribution in [2.45, 2.75) is 19.3 Å². The largest absolute Gasteiger partial charge is 0.499 e. The van der Waals surface area contributed by atoms with Gasteiger partial charge in [-0.25, -0.2) is 0 Å². The summed E-state index contributed by atoms with van der Waals surface area (Å²) < 4.78 is 15.3. The average molecular weight is 144 g/mol. The molecule has 3 nitrogen and oxygen atoms in total. The van der Waals surface area contributed by atoms with E-state index in [4.69, 9.17) is 14.2 Å². The topological polar surface area (TPSA) is 27.7 Å². The van der Waals surface area contributed by atoms with Gasteiger partial charge in [-0.2, -0.15) is 0 Å². The molecule has 10 heavy (non-hydrogen) atoms. The molecule has 0 saturated carbocycles. The van der Waals surface area contributed by atoms with Crippen LogP contribution in [0.5, 0.6) is 0 Å². The van der Waals surface area contributed by atoms with Crippen LogP contribution in [0.4, 0.5) is 0 Å². The quantitative estimate of drug-likeness (QED) is 0.551. The van der Waals surface area contributed by atoms with E-state index in [2.05, 4.69) is 6.58 Å². The van der Waals surface area contributed by atoms with E-state index in [1.165, 1.54) is 6.26 Å². The molecule has 0 aliphatic carbocycles. The van der Waals surface area contributed by atoms with Crippen molar-refractivity contribution in [3.8, 4) is 0 Å². The maximum absolute atomic E-state index is 5.27. The van der Waals surface area contributed by atoms with Gasteiger partial charge < -0.3 is 14.2 Å². The van der Waals surface area contributed by atoms with Gasteiger partial charge in [-0.1, -0.05) is 6.58 Å². The van der Waals surface area contributed by atoms with Crippen LogP contribution in [0, 0.1) is 0 Å². The summed E-state index contributed by atoms with van der Waals surface area (Å²) in [6.07, 6.45) is 1.40. The summed E-state index contributed by atoms with van der Waals surface area (Å²) in [6.45, 7) is 6.45. The fourth-order valence-electron chi connectivity index (χ4n) is 0.855. The van der Waals surface area contributed by atoms with E-state index in [1.807, 2.05) is 6.92 Å². The number of hydrogen-bond donors (Lipinski definition) is 0. The third kappa shape index (κ3) is 2.01. The molecule has 0 radical (unpaired) electrons. The monoisotopic (exact) mass is 144 g/mol. The smallest absolute Gasteiger partial charge is 0.155 e. The normalized spacial score (nSPS) is 32.1. The van der Waals surface area contributed by atoms with Gasteiger partial charge in [0.2, 0.25) is 0 Å². The summed E-state index contributed by atoms with van der Waals surface area (Å²) >= 11 is 0. The first kappa shape index (κ1) is 7.57. The molecule has 0 bridgehead atoms. The van der Waals surface area contributed by atoms with Gasteiger partial charge in [0.25, 0.3) is 0 Å². The summed E-state index contributed by atoms with van der Waals surface area (Å²) in [4.78, 5) is 0. The second kappa shape index (κ2) is 3.58. The summed E-state index contributed by atoms with van der Waals surface area (Å²) in [7, 11) is 0. The molecule has 1 aliphatic heterocycles. The number of rotatable bonds is 3. The van der Waals surface area contributed by atoms with Crippen LogP contribution in [0.25, 0.3) is 0 Å². The van der Waals surface area contributed by atoms with Crippen molar-refractivity contribution in [2.24, 2.45) is 0 Å². The third-order valence-electron chi connectivity index (χ3n) is 1.30. The Labute approximate surface area is 60.6 Å². The summed E-state index contributed by atoms with van der Waals surface area (Å²) in [5.74, 6) is 0. The molecule has 1 heterocycles. The summed E-state index contributed by atoms with van der Waals surface area (Å²) in [5.41, 5.74) is 0. The second-order valence-electron chi connectivity index (χ2n) is 2.16. The maximum Gasteiger partial charge on any atom is 0.155 e. The molecule has 1 fully saturated rings. The Morgan fingerprint density at radius 3 is 3.10 bits per heavy atom. The number of ether oxygens (including phenoxy) is 3. The Kier molecular flexibility index (Phi) is 2.71. The van der Waals surface area contributed by atoms with Gasteiger partial charge in [-0.15, -0.1) is 0 Å². The lowest BCUT2D eigenvalue weighted by atomic mass is 10.4. The van der Waals surface area contributed by atoms with Crippen LogP contribution in [-0.2, 0) is 14.2 Å². The average Bonchev–Trinajstić information content (AvgIpc) is 2.31. The molecule has 0 spiro atoms. The third-order valence-corrected chi connectivity index (χ3v) is 1.30. The maximum atomic E-state index is 5.27. The highest BCUT2D eigenvalue weighted by Crippen LogP contribution is 2.10. The Morgan fingerprint density at radius 2 is 2.60 bits per heavy atom. The zero-order chi connectivity index (χ0) is 7.40. The molecule has 0 amide bonds. The molecule has 1 rings (SSSR count). The lowest BCUT2D eigenvalue weighted by molar-refractivity contribution is -0.0515. The van der Waals surface area contributed by atoms with Gasteiger partial charge in [0.05, 0.1) is 12.9 Å².